The SMILES string of the molecule is O=C(Nc1ccc(Cl)cc1)Nc1ccc(Nc2nc(/C=C/c3ccccc3)nc(N3CC(O)C3)n2)cc1. The summed E-state index contributed by atoms with van der Waals surface area (Å²) in [5.74, 6) is 1.36. The van der Waals surface area contributed by atoms with Gasteiger partial charge in [0.25, 0.3) is 0 Å². The van der Waals surface area contributed by atoms with Crippen LogP contribution in [0.15, 0.2) is 78.9 Å². The van der Waals surface area contributed by atoms with E-state index in [1.807, 2.05) is 59.5 Å². The molecule has 1 aromatic heterocycles. The molecule has 0 saturated carbocycles. The maximum atomic E-state index is 12.3. The van der Waals surface area contributed by atoms with Gasteiger partial charge in [-0.25, -0.2) is 4.79 Å². The van der Waals surface area contributed by atoms with Gasteiger partial charge in [-0.15, -0.1) is 0 Å². The Hall–Kier alpha value is -4.47. The highest BCUT2D eigenvalue weighted by molar-refractivity contribution is 6.30. The molecule has 1 aliphatic heterocycles. The second-order valence-corrected chi connectivity index (χ2v) is 8.84. The summed E-state index contributed by atoms with van der Waals surface area (Å²) < 4.78 is 0. The Labute approximate surface area is 218 Å². The van der Waals surface area contributed by atoms with Crippen molar-refractivity contribution in [2.24, 2.45) is 0 Å². The zero-order valence-corrected chi connectivity index (χ0v) is 20.4. The number of amides is 2. The average molecular weight is 514 g/mol. The van der Waals surface area contributed by atoms with E-state index in [1.165, 1.54) is 0 Å². The molecule has 4 aromatic rings. The molecule has 9 nitrogen and oxygen atoms in total. The number of aromatic nitrogens is 3. The molecule has 10 heteroatoms. The molecule has 2 amide bonds. The van der Waals surface area contributed by atoms with Crippen molar-refractivity contribution in [3.8, 4) is 0 Å². The number of nitrogens with one attached hydrogen (secondary N) is 3. The minimum atomic E-state index is -0.381. The van der Waals surface area contributed by atoms with Crippen LogP contribution in [0.4, 0.5) is 33.8 Å². The van der Waals surface area contributed by atoms with Gasteiger partial charge in [0.15, 0.2) is 5.82 Å². The highest BCUT2D eigenvalue weighted by Gasteiger charge is 2.27. The number of carbonyl (C=O) groups excluding carboxylic acids is 1. The van der Waals surface area contributed by atoms with Gasteiger partial charge in [-0.2, -0.15) is 15.0 Å². The Morgan fingerprint density at radius 3 is 2.11 bits per heavy atom. The zero-order valence-electron chi connectivity index (χ0n) is 19.7. The first-order chi connectivity index (χ1) is 18.0. The minimum Gasteiger partial charge on any atom is -0.389 e. The fourth-order valence-corrected chi connectivity index (χ4v) is 3.72. The number of anilines is 5. The molecule has 0 unspecified atom stereocenters. The zero-order chi connectivity index (χ0) is 25.6. The summed E-state index contributed by atoms with van der Waals surface area (Å²) in [6.45, 7) is 0.952. The normalized spacial score (nSPS) is 13.3. The molecule has 0 aliphatic carbocycles. The van der Waals surface area contributed by atoms with Crippen molar-refractivity contribution in [3.63, 3.8) is 0 Å². The lowest BCUT2D eigenvalue weighted by atomic mass is 10.2. The van der Waals surface area contributed by atoms with E-state index in [4.69, 9.17) is 11.6 Å². The molecular weight excluding hydrogens is 490 g/mol. The lowest BCUT2D eigenvalue weighted by Crippen LogP contribution is -2.51. The van der Waals surface area contributed by atoms with Crippen LogP contribution in [0.25, 0.3) is 12.2 Å². The summed E-state index contributed by atoms with van der Waals surface area (Å²) in [4.78, 5) is 27.8. The van der Waals surface area contributed by atoms with Crippen LogP contribution >= 0.6 is 11.6 Å². The second-order valence-electron chi connectivity index (χ2n) is 8.41. The first kappa shape index (κ1) is 24.2. The van der Waals surface area contributed by atoms with Gasteiger partial charge >= 0.3 is 6.03 Å². The predicted octanol–water partition coefficient (Wildman–Crippen LogP) is 5.26. The van der Waals surface area contributed by atoms with Crippen LogP contribution < -0.4 is 20.9 Å². The van der Waals surface area contributed by atoms with Crippen LogP contribution in [0.1, 0.15) is 11.4 Å². The molecule has 2 heterocycles. The summed E-state index contributed by atoms with van der Waals surface area (Å²) in [5, 5.41) is 19.0. The van der Waals surface area contributed by atoms with Gasteiger partial charge in [-0.3, -0.25) is 0 Å². The second kappa shape index (κ2) is 11.1. The number of hydrogen-bond acceptors (Lipinski definition) is 7. The Kier molecular flexibility index (Phi) is 7.25. The maximum absolute atomic E-state index is 12.3. The largest absolute Gasteiger partial charge is 0.389 e. The highest BCUT2D eigenvalue weighted by Crippen LogP contribution is 2.22. The van der Waals surface area contributed by atoms with Gasteiger partial charge in [0.2, 0.25) is 11.9 Å². The Balaban J connectivity index is 1.27. The standard InChI is InChI=1S/C27H24ClN7O2/c28-19-7-9-21(10-8-19)30-27(37)31-22-13-11-20(12-14-22)29-25-32-24(15-6-18-4-2-1-3-5-18)33-26(34-25)35-16-23(36)17-35/h1-15,23,36H,16-17H2,(H2,30,31,37)(H,29,32,33,34)/b15-6+. The maximum Gasteiger partial charge on any atom is 0.323 e. The van der Waals surface area contributed by atoms with E-state index in [1.54, 1.807) is 36.4 Å². The van der Waals surface area contributed by atoms with Crippen LogP contribution in [-0.4, -0.2) is 45.3 Å². The summed E-state index contributed by atoms with van der Waals surface area (Å²) >= 11 is 5.88. The number of urea groups is 1. The lowest BCUT2D eigenvalue weighted by molar-refractivity contribution is 0.140. The van der Waals surface area contributed by atoms with E-state index in [0.717, 1.165) is 11.3 Å². The van der Waals surface area contributed by atoms with E-state index in [0.29, 0.717) is 47.2 Å². The van der Waals surface area contributed by atoms with E-state index >= 15 is 0 Å². The first-order valence-corrected chi connectivity index (χ1v) is 12.0. The Morgan fingerprint density at radius 2 is 1.46 bits per heavy atom. The van der Waals surface area contributed by atoms with Gasteiger partial charge in [-0.1, -0.05) is 48.0 Å². The third-order valence-electron chi connectivity index (χ3n) is 5.51. The number of β-amino-alcohol motifs (C(OH)–C–C–N with tert-alkyl or cyclic N) is 1. The van der Waals surface area contributed by atoms with Crippen LogP contribution in [-0.2, 0) is 0 Å². The Morgan fingerprint density at radius 1 is 0.838 bits per heavy atom. The van der Waals surface area contributed by atoms with Crippen LogP contribution in [0.5, 0.6) is 0 Å². The summed E-state index contributed by atoms with van der Waals surface area (Å²) in [6.07, 6.45) is 3.38. The minimum absolute atomic E-state index is 0.364. The molecule has 0 bridgehead atoms. The highest BCUT2D eigenvalue weighted by atomic mass is 35.5. The van der Waals surface area contributed by atoms with Gasteiger partial charge in [0.1, 0.15) is 0 Å². The molecule has 0 atom stereocenters. The van der Waals surface area contributed by atoms with Crippen molar-refractivity contribution >= 4 is 58.7 Å². The van der Waals surface area contributed by atoms with Gasteiger partial charge in [0, 0.05) is 35.2 Å². The predicted molar refractivity (Wildman–Crippen MR) is 147 cm³/mol. The molecular formula is C27H24ClN7O2. The van der Waals surface area contributed by atoms with E-state index in [-0.39, 0.29) is 12.1 Å². The summed E-state index contributed by atoms with van der Waals surface area (Å²) in [5.41, 5.74) is 3.02. The number of aliphatic hydroxyl groups excluding tert-OH is 1. The third-order valence-corrected chi connectivity index (χ3v) is 5.76. The first-order valence-electron chi connectivity index (χ1n) is 11.6. The molecule has 186 valence electrons. The number of nitrogens with zero attached hydrogens (tertiary/aromatic N) is 4. The van der Waals surface area contributed by atoms with E-state index in [2.05, 4.69) is 30.9 Å². The monoisotopic (exact) mass is 513 g/mol. The van der Waals surface area contributed by atoms with Crippen molar-refractivity contribution in [1.82, 2.24) is 15.0 Å². The van der Waals surface area contributed by atoms with E-state index in [9.17, 15) is 9.90 Å². The number of carbonyl (C=O) groups is 1. The fourth-order valence-electron chi connectivity index (χ4n) is 3.60. The molecule has 3 aromatic carbocycles. The summed E-state index contributed by atoms with van der Waals surface area (Å²) in [7, 11) is 0. The number of benzene rings is 3. The number of rotatable bonds is 7. The summed E-state index contributed by atoms with van der Waals surface area (Å²) in [6, 6.07) is 23.5. The van der Waals surface area contributed by atoms with Crippen LogP contribution in [0.2, 0.25) is 5.02 Å². The van der Waals surface area contributed by atoms with Gasteiger partial charge in [-0.05, 0) is 60.2 Å². The van der Waals surface area contributed by atoms with Crippen molar-refractivity contribution in [2.75, 3.05) is 33.9 Å². The van der Waals surface area contributed by atoms with Crippen molar-refractivity contribution in [3.05, 3.63) is 95.3 Å². The molecule has 1 fully saturated rings. The third kappa shape index (κ3) is 6.60. The van der Waals surface area contributed by atoms with Crippen molar-refractivity contribution in [1.29, 1.82) is 0 Å². The molecule has 0 radical (unpaired) electrons. The molecule has 0 spiro atoms. The Bertz CT molecular complexity index is 1390. The molecule has 1 aliphatic rings. The number of halogens is 1. The van der Waals surface area contributed by atoms with Crippen molar-refractivity contribution < 1.29 is 9.90 Å². The fraction of sp³-hybridized carbons (Fsp3) is 0.111. The smallest absolute Gasteiger partial charge is 0.323 e. The lowest BCUT2D eigenvalue weighted by Gasteiger charge is -2.35. The topological polar surface area (TPSA) is 115 Å². The van der Waals surface area contributed by atoms with Gasteiger partial charge < -0.3 is 26.0 Å². The molecule has 4 N–H and O–H groups in total. The van der Waals surface area contributed by atoms with Crippen LogP contribution in [0, 0.1) is 0 Å². The molecule has 5 rings (SSSR count). The van der Waals surface area contributed by atoms with Crippen molar-refractivity contribution in [2.45, 2.75) is 6.10 Å². The number of aliphatic hydroxyl groups is 1. The van der Waals surface area contributed by atoms with E-state index < -0.39 is 0 Å². The average Bonchev–Trinajstić information content (AvgIpc) is 2.88. The number of hydrogen-bond donors (Lipinski definition) is 4. The van der Waals surface area contributed by atoms with Gasteiger partial charge in [0.05, 0.1) is 6.10 Å². The molecule has 1 saturated heterocycles. The van der Waals surface area contributed by atoms with Crippen LogP contribution in [0.3, 0.4) is 0 Å². The molecule has 37 heavy (non-hydrogen) atoms. The quantitative estimate of drug-likeness (QED) is 0.266.